The van der Waals surface area contributed by atoms with Crippen molar-refractivity contribution in [2.24, 2.45) is 0 Å². The van der Waals surface area contributed by atoms with Crippen molar-refractivity contribution in [2.45, 2.75) is 52.4 Å². The normalized spacial score (nSPS) is 18.7. The molecule has 0 radical (unpaired) electrons. The summed E-state index contributed by atoms with van der Waals surface area (Å²) in [5, 5.41) is 4.13. The molecule has 1 fully saturated rings. The summed E-state index contributed by atoms with van der Waals surface area (Å²) in [5.74, 6) is 1.94. The first-order chi connectivity index (χ1) is 11.0. The van der Waals surface area contributed by atoms with Crippen LogP contribution in [0.3, 0.4) is 0 Å². The number of carbonyl (C=O) groups excluding carboxylic acids is 1. The number of piperidine rings is 1. The molecule has 2 aromatic heterocycles. The van der Waals surface area contributed by atoms with Gasteiger partial charge in [-0.3, -0.25) is 4.79 Å². The Kier molecular flexibility index (Phi) is 4.53. The predicted octanol–water partition coefficient (Wildman–Crippen LogP) is 3.89. The first-order valence-electron chi connectivity index (χ1n) is 8.15. The highest BCUT2D eigenvalue weighted by molar-refractivity contribution is 7.12. The van der Waals surface area contributed by atoms with Gasteiger partial charge in [0.2, 0.25) is 5.89 Å². The quantitative estimate of drug-likeness (QED) is 0.855. The van der Waals surface area contributed by atoms with Crippen LogP contribution in [0.4, 0.5) is 0 Å². The Morgan fingerprint density at radius 3 is 2.83 bits per heavy atom. The Hall–Kier alpha value is -1.69. The zero-order chi connectivity index (χ0) is 16.6. The number of thiophene rings is 1. The van der Waals surface area contributed by atoms with Gasteiger partial charge in [-0.2, -0.15) is 4.98 Å². The predicted molar refractivity (Wildman–Crippen MR) is 90.1 cm³/mol. The molecule has 3 heterocycles. The number of rotatable bonds is 3. The van der Waals surface area contributed by atoms with E-state index in [1.165, 1.54) is 4.88 Å². The number of amides is 1. The molecule has 0 aromatic carbocycles. The van der Waals surface area contributed by atoms with Gasteiger partial charge in [-0.1, -0.05) is 19.0 Å². The van der Waals surface area contributed by atoms with Gasteiger partial charge in [0.05, 0.1) is 5.56 Å². The van der Waals surface area contributed by atoms with Crippen molar-refractivity contribution in [3.05, 3.63) is 33.1 Å². The Labute approximate surface area is 140 Å². The Balaban J connectivity index is 1.75. The number of hydrogen-bond donors (Lipinski definition) is 0. The zero-order valence-corrected chi connectivity index (χ0v) is 14.9. The summed E-state index contributed by atoms with van der Waals surface area (Å²) >= 11 is 1.68. The van der Waals surface area contributed by atoms with E-state index in [1.54, 1.807) is 11.3 Å². The monoisotopic (exact) mass is 333 g/mol. The minimum Gasteiger partial charge on any atom is -0.339 e. The van der Waals surface area contributed by atoms with Crippen LogP contribution in [0, 0.1) is 13.8 Å². The van der Waals surface area contributed by atoms with Crippen molar-refractivity contribution >= 4 is 17.2 Å². The molecule has 1 aliphatic heterocycles. The lowest BCUT2D eigenvalue weighted by Crippen LogP contribution is -2.39. The van der Waals surface area contributed by atoms with Gasteiger partial charge in [-0.05, 0) is 32.8 Å². The summed E-state index contributed by atoms with van der Waals surface area (Å²) in [4.78, 5) is 21.5. The Bertz CT molecular complexity index is 705. The second kappa shape index (κ2) is 6.43. The van der Waals surface area contributed by atoms with E-state index in [9.17, 15) is 4.79 Å². The third-order valence-electron chi connectivity index (χ3n) is 4.30. The molecule has 124 valence electrons. The molecule has 1 aliphatic rings. The van der Waals surface area contributed by atoms with Crippen molar-refractivity contribution < 1.29 is 9.32 Å². The van der Waals surface area contributed by atoms with Crippen LogP contribution in [0.15, 0.2) is 10.6 Å². The molecule has 0 unspecified atom stereocenters. The van der Waals surface area contributed by atoms with Crippen molar-refractivity contribution in [1.82, 2.24) is 15.0 Å². The lowest BCUT2D eigenvalue weighted by molar-refractivity contribution is 0.0703. The van der Waals surface area contributed by atoms with E-state index in [0.717, 1.165) is 35.7 Å². The topological polar surface area (TPSA) is 59.2 Å². The molecule has 1 saturated heterocycles. The number of aryl methyl sites for hydroxylation is 2. The van der Waals surface area contributed by atoms with E-state index in [4.69, 9.17) is 4.52 Å². The molecule has 0 aliphatic carbocycles. The highest BCUT2D eigenvalue weighted by atomic mass is 32.1. The van der Waals surface area contributed by atoms with Crippen molar-refractivity contribution in [3.63, 3.8) is 0 Å². The highest BCUT2D eigenvalue weighted by Gasteiger charge is 2.29. The van der Waals surface area contributed by atoms with Crippen LogP contribution < -0.4 is 0 Å². The number of carbonyl (C=O) groups is 1. The summed E-state index contributed by atoms with van der Waals surface area (Å²) in [7, 11) is 0. The van der Waals surface area contributed by atoms with E-state index < -0.39 is 0 Å². The van der Waals surface area contributed by atoms with E-state index in [0.29, 0.717) is 12.4 Å². The molecule has 2 aromatic rings. The van der Waals surface area contributed by atoms with Crippen LogP contribution in [-0.2, 0) is 0 Å². The molecule has 5 nitrogen and oxygen atoms in total. The molecule has 0 N–H and O–H groups in total. The van der Waals surface area contributed by atoms with Crippen LogP contribution in [-0.4, -0.2) is 34.0 Å². The van der Waals surface area contributed by atoms with Gasteiger partial charge in [0.15, 0.2) is 5.82 Å². The number of hydrogen-bond acceptors (Lipinski definition) is 5. The van der Waals surface area contributed by atoms with Gasteiger partial charge in [0.25, 0.3) is 5.91 Å². The lowest BCUT2D eigenvalue weighted by atomic mass is 9.96. The van der Waals surface area contributed by atoms with Gasteiger partial charge < -0.3 is 9.42 Å². The fraction of sp³-hybridized carbons (Fsp3) is 0.588. The maximum Gasteiger partial charge on any atom is 0.255 e. The van der Waals surface area contributed by atoms with Crippen molar-refractivity contribution in [3.8, 4) is 0 Å². The Morgan fingerprint density at radius 2 is 2.22 bits per heavy atom. The molecule has 1 amide bonds. The van der Waals surface area contributed by atoms with E-state index >= 15 is 0 Å². The van der Waals surface area contributed by atoms with Gasteiger partial charge in [0, 0.05) is 34.7 Å². The molecule has 6 heteroatoms. The second-order valence-electron chi connectivity index (χ2n) is 6.56. The molecule has 1 atom stereocenters. The van der Waals surface area contributed by atoms with Crippen LogP contribution in [0.1, 0.15) is 70.4 Å². The summed E-state index contributed by atoms with van der Waals surface area (Å²) in [6.07, 6.45) is 1.98. The fourth-order valence-corrected chi connectivity index (χ4v) is 3.95. The summed E-state index contributed by atoms with van der Waals surface area (Å²) in [6, 6.07) is 2.00. The minimum atomic E-state index is 0.129. The molecular formula is C17H23N3O2S. The van der Waals surface area contributed by atoms with E-state index in [-0.39, 0.29) is 17.7 Å². The first kappa shape index (κ1) is 16.2. The number of nitrogens with zero attached hydrogens (tertiary/aromatic N) is 3. The van der Waals surface area contributed by atoms with Crippen LogP contribution in [0.2, 0.25) is 0 Å². The van der Waals surface area contributed by atoms with Gasteiger partial charge >= 0.3 is 0 Å². The van der Waals surface area contributed by atoms with Gasteiger partial charge in [0.1, 0.15) is 0 Å². The largest absolute Gasteiger partial charge is 0.339 e. The van der Waals surface area contributed by atoms with Gasteiger partial charge in [-0.15, -0.1) is 11.3 Å². The number of likely N-dealkylation sites (tertiary alicyclic amines) is 1. The second-order valence-corrected chi connectivity index (χ2v) is 8.02. The Morgan fingerprint density at radius 1 is 1.43 bits per heavy atom. The standard InChI is InChI=1S/C17H23N3O2S/c1-10(2)16-18-15(19-22-16)13-6-5-7-20(9-13)17(21)14-8-11(3)23-12(14)4/h8,10,13H,5-7,9H2,1-4H3/t13-/m1/s1. The third-order valence-corrected chi connectivity index (χ3v) is 5.26. The maximum atomic E-state index is 12.8. The van der Waals surface area contributed by atoms with Crippen molar-refractivity contribution in [1.29, 1.82) is 0 Å². The average molecular weight is 333 g/mol. The van der Waals surface area contributed by atoms with E-state index in [1.807, 2.05) is 38.7 Å². The molecule has 0 bridgehead atoms. The molecule has 0 saturated carbocycles. The molecule has 3 rings (SSSR count). The SMILES string of the molecule is Cc1cc(C(=O)N2CCC[C@@H](c3noc(C(C)C)n3)C2)c(C)s1. The highest BCUT2D eigenvalue weighted by Crippen LogP contribution is 2.29. The number of aromatic nitrogens is 2. The minimum absolute atomic E-state index is 0.129. The summed E-state index contributed by atoms with van der Waals surface area (Å²) in [5.41, 5.74) is 0.837. The summed E-state index contributed by atoms with van der Waals surface area (Å²) < 4.78 is 5.32. The lowest BCUT2D eigenvalue weighted by Gasteiger charge is -2.31. The zero-order valence-electron chi connectivity index (χ0n) is 14.1. The smallest absolute Gasteiger partial charge is 0.255 e. The molecule has 0 spiro atoms. The average Bonchev–Trinajstić information content (AvgIpc) is 3.13. The fourth-order valence-electron chi connectivity index (χ4n) is 3.03. The van der Waals surface area contributed by atoms with E-state index in [2.05, 4.69) is 10.1 Å². The van der Waals surface area contributed by atoms with Crippen LogP contribution in [0.5, 0.6) is 0 Å². The van der Waals surface area contributed by atoms with Crippen LogP contribution in [0.25, 0.3) is 0 Å². The third kappa shape index (κ3) is 3.32. The maximum absolute atomic E-state index is 12.8. The summed E-state index contributed by atoms with van der Waals surface area (Å²) in [6.45, 7) is 9.61. The van der Waals surface area contributed by atoms with Gasteiger partial charge in [-0.25, -0.2) is 0 Å². The van der Waals surface area contributed by atoms with Crippen LogP contribution >= 0.6 is 11.3 Å². The molecule has 23 heavy (non-hydrogen) atoms. The first-order valence-corrected chi connectivity index (χ1v) is 8.97. The molecular weight excluding hydrogens is 310 g/mol. The van der Waals surface area contributed by atoms with Crippen molar-refractivity contribution in [2.75, 3.05) is 13.1 Å².